The largest absolute Gasteiger partial charge is 0.492 e. The monoisotopic (exact) mass is 353 g/mol. The van der Waals surface area contributed by atoms with E-state index in [1.165, 1.54) is 11.3 Å². The van der Waals surface area contributed by atoms with Crippen molar-refractivity contribution in [1.29, 1.82) is 0 Å². The van der Waals surface area contributed by atoms with Gasteiger partial charge in [-0.05, 0) is 44.6 Å². The number of hydrogen-bond acceptors (Lipinski definition) is 5. The molecule has 2 aliphatic rings. The molecule has 6 heteroatoms. The van der Waals surface area contributed by atoms with Crippen LogP contribution in [0.3, 0.4) is 0 Å². The summed E-state index contributed by atoms with van der Waals surface area (Å²) in [6, 6.07) is 1.88. The minimum atomic E-state index is -0.0643. The van der Waals surface area contributed by atoms with E-state index in [0.29, 0.717) is 37.0 Å². The first kappa shape index (κ1) is 17.7. The van der Waals surface area contributed by atoms with E-state index in [9.17, 15) is 4.79 Å². The Morgan fingerprint density at radius 1 is 1.46 bits per heavy atom. The molecule has 0 saturated carbocycles. The van der Waals surface area contributed by atoms with Gasteiger partial charge in [-0.25, -0.2) is 0 Å². The van der Waals surface area contributed by atoms with Gasteiger partial charge in [-0.3, -0.25) is 4.79 Å². The number of fused-ring (bicyclic) bond motifs is 1. The van der Waals surface area contributed by atoms with Crippen molar-refractivity contribution in [3.05, 3.63) is 16.3 Å². The third-order valence-electron chi connectivity index (χ3n) is 4.99. The van der Waals surface area contributed by atoms with Gasteiger partial charge in [-0.1, -0.05) is 0 Å². The molecule has 5 nitrogen and oxygen atoms in total. The van der Waals surface area contributed by atoms with Crippen LogP contribution < -0.4 is 4.74 Å². The lowest BCUT2D eigenvalue weighted by Gasteiger charge is -2.50. The van der Waals surface area contributed by atoms with Crippen LogP contribution >= 0.6 is 11.3 Å². The first-order chi connectivity index (χ1) is 11.7. The molecule has 24 heavy (non-hydrogen) atoms. The normalized spacial score (nSPS) is 26.9. The molecule has 0 aromatic carbocycles. The van der Waals surface area contributed by atoms with Crippen molar-refractivity contribution in [2.75, 3.05) is 39.5 Å². The predicted molar refractivity (Wildman–Crippen MR) is 93.9 cm³/mol. The summed E-state index contributed by atoms with van der Waals surface area (Å²) in [5.74, 6) is 0.779. The smallest absolute Gasteiger partial charge is 0.267 e. The second-order valence-corrected chi connectivity index (χ2v) is 7.44. The van der Waals surface area contributed by atoms with Gasteiger partial charge in [-0.15, -0.1) is 11.3 Å². The summed E-state index contributed by atoms with van der Waals surface area (Å²) in [6.45, 7) is 8.16. The zero-order valence-corrected chi connectivity index (χ0v) is 15.4. The lowest BCUT2D eigenvalue weighted by molar-refractivity contribution is -0.145. The molecule has 3 heterocycles. The molecule has 0 N–H and O–H groups in total. The van der Waals surface area contributed by atoms with E-state index in [2.05, 4.69) is 0 Å². The molecule has 0 bridgehead atoms. The van der Waals surface area contributed by atoms with Crippen LogP contribution in [0.25, 0.3) is 0 Å². The van der Waals surface area contributed by atoms with Crippen molar-refractivity contribution in [2.45, 2.75) is 39.2 Å². The first-order valence-corrected chi connectivity index (χ1v) is 9.77. The van der Waals surface area contributed by atoms with Crippen molar-refractivity contribution in [3.63, 3.8) is 0 Å². The number of piperidine rings is 1. The number of likely N-dealkylation sites (tertiary alicyclic amines) is 1. The van der Waals surface area contributed by atoms with Gasteiger partial charge < -0.3 is 19.1 Å². The zero-order valence-electron chi connectivity index (χ0n) is 14.6. The van der Waals surface area contributed by atoms with Crippen LogP contribution in [0.5, 0.6) is 5.75 Å². The molecule has 3 rings (SSSR count). The topological polar surface area (TPSA) is 48.0 Å². The molecule has 134 valence electrons. The number of amides is 1. The fourth-order valence-corrected chi connectivity index (χ4v) is 4.65. The Balaban J connectivity index is 1.77. The molecule has 1 aromatic heterocycles. The molecule has 2 atom stereocenters. The van der Waals surface area contributed by atoms with Crippen LogP contribution in [-0.4, -0.2) is 56.4 Å². The predicted octanol–water partition coefficient (Wildman–Crippen LogP) is 3.19. The van der Waals surface area contributed by atoms with Crippen molar-refractivity contribution >= 4 is 17.2 Å². The third kappa shape index (κ3) is 3.46. The highest BCUT2D eigenvalue weighted by Gasteiger charge is 2.47. The highest BCUT2D eigenvalue weighted by atomic mass is 32.1. The van der Waals surface area contributed by atoms with E-state index < -0.39 is 0 Å². The molecule has 0 spiro atoms. The van der Waals surface area contributed by atoms with E-state index in [1.54, 1.807) is 0 Å². The van der Waals surface area contributed by atoms with Gasteiger partial charge in [0.05, 0.1) is 19.3 Å². The average molecular weight is 353 g/mol. The van der Waals surface area contributed by atoms with Crippen LogP contribution in [0.2, 0.25) is 0 Å². The van der Waals surface area contributed by atoms with Crippen LogP contribution in [0, 0.1) is 5.41 Å². The number of carbonyl (C=O) groups is 1. The van der Waals surface area contributed by atoms with Gasteiger partial charge in [0.1, 0.15) is 10.6 Å². The Morgan fingerprint density at radius 3 is 3.12 bits per heavy atom. The van der Waals surface area contributed by atoms with Gasteiger partial charge in [0.15, 0.2) is 0 Å². The molecule has 2 aliphatic heterocycles. The Labute approximate surface area is 147 Å². The maximum atomic E-state index is 13.0. The summed E-state index contributed by atoms with van der Waals surface area (Å²) in [5.41, 5.74) is -0.0643. The van der Waals surface area contributed by atoms with Crippen molar-refractivity contribution < 1.29 is 19.0 Å². The Hall–Kier alpha value is -1.11. The second-order valence-electron chi connectivity index (χ2n) is 6.52. The fraction of sp³-hybridized carbons (Fsp3) is 0.722. The van der Waals surface area contributed by atoms with Crippen LogP contribution in [-0.2, 0) is 9.47 Å². The maximum Gasteiger partial charge on any atom is 0.267 e. The van der Waals surface area contributed by atoms with E-state index in [-0.39, 0.29) is 17.4 Å². The molecular weight excluding hydrogens is 326 g/mol. The summed E-state index contributed by atoms with van der Waals surface area (Å²) < 4.78 is 17.4. The lowest BCUT2D eigenvalue weighted by atomic mass is 9.73. The SMILES string of the molecule is CCOC[C@]12CCCO[C@@H]1CCN(C(=O)c1sccc1OCC)C2. The van der Waals surface area contributed by atoms with Crippen LogP contribution in [0.1, 0.15) is 42.8 Å². The summed E-state index contributed by atoms with van der Waals surface area (Å²) in [6.07, 6.45) is 3.18. The summed E-state index contributed by atoms with van der Waals surface area (Å²) >= 11 is 1.46. The molecule has 2 fully saturated rings. The lowest BCUT2D eigenvalue weighted by Crippen LogP contribution is -2.58. The minimum absolute atomic E-state index is 0.0643. The molecule has 2 saturated heterocycles. The van der Waals surface area contributed by atoms with E-state index in [0.717, 1.165) is 32.4 Å². The number of carbonyl (C=O) groups excluding carboxylic acids is 1. The van der Waals surface area contributed by atoms with E-state index in [1.807, 2.05) is 30.2 Å². The van der Waals surface area contributed by atoms with Crippen LogP contribution in [0.4, 0.5) is 0 Å². The summed E-state index contributed by atoms with van der Waals surface area (Å²) in [7, 11) is 0. The molecular formula is C18H27NO4S. The fourth-order valence-electron chi connectivity index (χ4n) is 3.85. The Bertz CT molecular complexity index is 561. The van der Waals surface area contributed by atoms with E-state index >= 15 is 0 Å². The van der Waals surface area contributed by atoms with Crippen molar-refractivity contribution in [1.82, 2.24) is 4.90 Å². The first-order valence-electron chi connectivity index (χ1n) is 8.89. The number of nitrogens with zero attached hydrogens (tertiary/aromatic N) is 1. The number of rotatable bonds is 6. The van der Waals surface area contributed by atoms with E-state index in [4.69, 9.17) is 14.2 Å². The Kier molecular flexibility index (Phi) is 5.79. The number of thiophene rings is 1. The standard InChI is InChI=1S/C18H27NO4S/c1-3-21-13-18-8-5-10-23-15(18)6-9-19(12-18)17(20)16-14(22-4-2)7-11-24-16/h7,11,15H,3-6,8-10,12-13H2,1-2H3/t15-,18-/m1/s1. The minimum Gasteiger partial charge on any atom is -0.492 e. The zero-order chi connectivity index (χ0) is 17.0. The summed E-state index contributed by atoms with van der Waals surface area (Å²) in [5, 5.41) is 1.92. The highest BCUT2D eigenvalue weighted by molar-refractivity contribution is 7.12. The van der Waals surface area contributed by atoms with Crippen LogP contribution in [0.15, 0.2) is 11.4 Å². The molecule has 0 radical (unpaired) electrons. The second kappa shape index (κ2) is 7.85. The quantitative estimate of drug-likeness (QED) is 0.788. The van der Waals surface area contributed by atoms with Gasteiger partial charge in [0.2, 0.25) is 0 Å². The molecule has 0 aliphatic carbocycles. The van der Waals surface area contributed by atoms with Gasteiger partial charge >= 0.3 is 0 Å². The number of ether oxygens (including phenoxy) is 3. The highest BCUT2D eigenvalue weighted by Crippen LogP contribution is 2.41. The summed E-state index contributed by atoms with van der Waals surface area (Å²) in [4.78, 5) is 15.7. The van der Waals surface area contributed by atoms with Crippen molar-refractivity contribution in [2.24, 2.45) is 5.41 Å². The van der Waals surface area contributed by atoms with Gasteiger partial charge in [0, 0.05) is 31.7 Å². The average Bonchev–Trinajstić information content (AvgIpc) is 3.07. The Morgan fingerprint density at radius 2 is 2.33 bits per heavy atom. The third-order valence-corrected chi connectivity index (χ3v) is 5.88. The molecule has 1 aromatic rings. The molecule has 0 unspecified atom stereocenters. The number of hydrogen-bond donors (Lipinski definition) is 0. The molecule has 1 amide bonds. The van der Waals surface area contributed by atoms with Gasteiger partial charge in [0.25, 0.3) is 5.91 Å². The maximum absolute atomic E-state index is 13.0. The van der Waals surface area contributed by atoms with Gasteiger partial charge in [-0.2, -0.15) is 0 Å². The van der Waals surface area contributed by atoms with Crippen molar-refractivity contribution in [3.8, 4) is 5.75 Å².